The van der Waals surface area contributed by atoms with Gasteiger partial charge >= 0.3 is 0 Å². The molecule has 0 unspecified atom stereocenters. The number of amides is 1. The number of carbonyl (C=O) groups excluding carboxylic acids is 1. The molecule has 3 nitrogen and oxygen atoms in total. The van der Waals surface area contributed by atoms with Gasteiger partial charge in [-0.3, -0.25) is 4.79 Å². The van der Waals surface area contributed by atoms with E-state index >= 15 is 0 Å². The molecule has 19 heavy (non-hydrogen) atoms. The number of hydrogen-bond acceptors (Lipinski definition) is 3. The zero-order chi connectivity index (χ0) is 14.0. The first-order chi connectivity index (χ1) is 8.88. The van der Waals surface area contributed by atoms with Crippen molar-refractivity contribution in [1.29, 1.82) is 0 Å². The molecule has 1 aromatic heterocycles. The summed E-state index contributed by atoms with van der Waals surface area (Å²) in [6.45, 7) is 6.48. The van der Waals surface area contributed by atoms with Crippen LogP contribution in [0.3, 0.4) is 0 Å². The van der Waals surface area contributed by atoms with E-state index in [1.807, 2.05) is 29.6 Å². The van der Waals surface area contributed by atoms with Crippen LogP contribution in [0.1, 0.15) is 36.0 Å². The van der Waals surface area contributed by atoms with Crippen molar-refractivity contribution in [2.45, 2.75) is 26.2 Å². The van der Waals surface area contributed by atoms with E-state index in [1.54, 1.807) is 6.07 Å². The van der Waals surface area contributed by atoms with E-state index in [-0.39, 0.29) is 11.3 Å². The van der Waals surface area contributed by atoms with E-state index in [0.29, 0.717) is 10.6 Å². The number of carbonyl (C=O) groups is 1. The maximum atomic E-state index is 12.0. The lowest BCUT2D eigenvalue weighted by Gasteiger charge is -2.19. The topological polar surface area (TPSA) is 55.1 Å². The number of benzene rings is 1. The molecule has 1 aromatic carbocycles. The molecule has 100 valence electrons. The summed E-state index contributed by atoms with van der Waals surface area (Å²) in [4.78, 5) is 12.6. The fourth-order valence-electron chi connectivity index (χ4n) is 1.75. The Morgan fingerprint density at radius 3 is 2.26 bits per heavy atom. The van der Waals surface area contributed by atoms with Crippen LogP contribution >= 0.6 is 11.3 Å². The van der Waals surface area contributed by atoms with Crippen LogP contribution in [-0.4, -0.2) is 5.91 Å². The van der Waals surface area contributed by atoms with Gasteiger partial charge in [-0.1, -0.05) is 32.9 Å². The second-order valence-corrected chi connectivity index (χ2v) is 6.40. The Hall–Kier alpha value is -1.81. The molecule has 0 aliphatic carbocycles. The Morgan fingerprint density at radius 2 is 1.79 bits per heavy atom. The van der Waals surface area contributed by atoms with Crippen LogP contribution in [-0.2, 0) is 5.41 Å². The molecule has 0 atom stereocenters. The number of hydrogen-bond donors (Lipinski definition) is 2. The van der Waals surface area contributed by atoms with Gasteiger partial charge in [0, 0.05) is 5.69 Å². The molecule has 2 rings (SSSR count). The number of nitrogen functional groups attached to an aromatic ring is 1. The summed E-state index contributed by atoms with van der Waals surface area (Å²) in [6, 6.07) is 9.65. The van der Waals surface area contributed by atoms with Gasteiger partial charge in [-0.25, -0.2) is 0 Å². The molecule has 0 bridgehead atoms. The number of nitrogens with one attached hydrogen (secondary N) is 1. The van der Waals surface area contributed by atoms with Crippen LogP contribution in [0, 0.1) is 0 Å². The predicted octanol–water partition coefficient (Wildman–Crippen LogP) is 3.88. The molecule has 0 radical (unpaired) electrons. The highest BCUT2D eigenvalue weighted by Crippen LogP contribution is 2.24. The highest BCUT2D eigenvalue weighted by atomic mass is 32.1. The third kappa shape index (κ3) is 3.15. The molecule has 3 N–H and O–H groups in total. The van der Waals surface area contributed by atoms with E-state index in [4.69, 9.17) is 5.73 Å². The van der Waals surface area contributed by atoms with E-state index in [9.17, 15) is 4.79 Å². The van der Waals surface area contributed by atoms with Crippen molar-refractivity contribution in [2.75, 3.05) is 11.1 Å². The largest absolute Gasteiger partial charge is 0.397 e. The minimum Gasteiger partial charge on any atom is -0.397 e. The van der Waals surface area contributed by atoms with Gasteiger partial charge in [-0.2, -0.15) is 0 Å². The average Bonchev–Trinajstić information content (AvgIpc) is 2.75. The first-order valence-electron chi connectivity index (χ1n) is 6.13. The van der Waals surface area contributed by atoms with Crippen LogP contribution in [0.2, 0.25) is 0 Å². The fraction of sp³-hybridized carbons (Fsp3) is 0.267. The number of anilines is 2. The Kier molecular flexibility index (Phi) is 3.62. The van der Waals surface area contributed by atoms with Crippen LogP contribution in [0.25, 0.3) is 0 Å². The summed E-state index contributed by atoms with van der Waals surface area (Å²) in [5, 5.41) is 4.67. The lowest BCUT2D eigenvalue weighted by atomic mass is 9.87. The molecule has 0 aliphatic rings. The molecular formula is C15H18N2OS. The maximum Gasteiger partial charge on any atom is 0.267 e. The summed E-state index contributed by atoms with van der Waals surface area (Å²) in [5.74, 6) is -0.156. The highest BCUT2D eigenvalue weighted by Gasteiger charge is 2.14. The molecule has 0 fully saturated rings. The Morgan fingerprint density at radius 1 is 1.16 bits per heavy atom. The van der Waals surface area contributed by atoms with Crippen molar-refractivity contribution < 1.29 is 4.79 Å². The molecule has 0 aliphatic heterocycles. The van der Waals surface area contributed by atoms with Crippen molar-refractivity contribution in [1.82, 2.24) is 0 Å². The molecular weight excluding hydrogens is 256 g/mol. The summed E-state index contributed by atoms with van der Waals surface area (Å²) < 4.78 is 0. The SMILES string of the molecule is CC(C)(C)c1ccc(NC(=O)c2sccc2N)cc1. The average molecular weight is 274 g/mol. The smallest absolute Gasteiger partial charge is 0.267 e. The summed E-state index contributed by atoms with van der Waals surface area (Å²) in [5.41, 5.74) is 8.38. The Labute approximate surface area is 117 Å². The van der Waals surface area contributed by atoms with E-state index < -0.39 is 0 Å². The number of rotatable bonds is 2. The minimum absolute atomic E-state index is 0.112. The molecule has 1 amide bonds. The van der Waals surface area contributed by atoms with Crippen LogP contribution in [0.5, 0.6) is 0 Å². The van der Waals surface area contributed by atoms with Crippen molar-refractivity contribution >= 4 is 28.6 Å². The van der Waals surface area contributed by atoms with Gasteiger partial charge in [0.05, 0.1) is 5.69 Å². The van der Waals surface area contributed by atoms with Gasteiger partial charge in [0.2, 0.25) is 0 Å². The number of thiophene rings is 1. The van der Waals surface area contributed by atoms with Crippen molar-refractivity contribution in [3.8, 4) is 0 Å². The van der Waals surface area contributed by atoms with Gasteiger partial charge in [-0.15, -0.1) is 11.3 Å². The predicted molar refractivity (Wildman–Crippen MR) is 81.8 cm³/mol. The minimum atomic E-state index is -0.156. The van der Waals surface area contributed by atoms with E-state index in [0.717, 1.165) is 5.69 Å². The zero-order valence-electron chi connectivity index (χ0n) is 11.4. The Balaban J connectivity index is 2.12. The third-order valence-electron chi connectivity index (χ3n) is 2.91. The Bertz CT molecular complexity index is 579. The van der Waals surface area contributed by atoms with Gasteiger partial charge in [0.25, 0.3) is 5.91 Å². The van der Waals surface area contributed by atoms with Gasteiger partial charge in [-0.05, 0) is 34.6 Å². The lowest BCUT2D eigenvalue weighted by Crippen LogP contribution is -2.13. The number of nitrogens with two attached hydrogens (primary N) is 1. The van der Waals surface area contributed by atoms with Crippen molar-refractivity contribution in [3.63, 3.8) is 0 Å². The second kappa shape index (κ2) is 5.05. The van der Waals surface area contributed by atoms with Crippen LogP contribution < -0.4 is 11.1 Å². The van der Waals surface area contributed by atoms with E-state index in [1.165, 1.54) is 16.9 Å². The monoisotopic (exact) mass is 274 g/mol. The molecule has 0 spiro atoms. The van der Waals surface area contributed by atoms with Gasteiger partial charge < -0.3 is 11.1 Å². The molecule has 0 saturated carbocycles. The quantitative estimate of drug-likeness (QED) is 0.873. The zero-order valence-corrected chi connectivity index (χ0v) is 12.2. The van der Waals surface area contributed by atoms with Crippen molar-refractivity contribution in [3.05, 3.63) is 46.2 Å². The van der Waals surface area contributed by atoms with Gasteiger partial charge in [0.15, 0.2) is 0 Å². The summed E-state index contributed by atoms with van der Waals surface area (Å²) in [7, 11) is 0. The third-order valence-corrected chi connectivity index (χ3v) is 3.84. The fourth-order valence-corrected chi connectivity index (χ4v) is 2.46. The first kappa shape index (κ1) is 13.6. The first-order valence-corrected chi connectivity index (χ1v) is 7.01. The normalized spacial score (nSPS) is 11.3. The van der Waals surface area contributed by atoms with Gasteiger partial charge in [0.1, 0.15) is 4.88 Å². The standard InChI is InChI=1S/C15H18N2OS/c1-15(2,3)10-4-6-11(7-5-10)17-14(18)13-12(16)8-9-19-13/h4-9H,16H2,1-3H3,(H,17,18). The van der Waals surface area contributed by atoms with Crippen LogP contribution in [0.4, 0.5) is 11.4 Å². The molecule has 2 aromatic rings. The maximum absolute atomic E-state index is 12.0. The van der Waals surface area contributed by atoms with Crippen LogP contribution in [0.15, 0.2) is 35.7 Å². The lowest BCUT2D eigenvalue weighted by molar-refractivity contribution is 0.103. The highest BCUT2D eigenvalue weighted by molar-refractivity contribution is 7.12. The van der Waals surface area contributed by atoms with E-state index in [2.05, 4.69) is 26.1 Å². The molecule has 4 heteroatoms. The summed E-state index contributed by atoms with van der Waals surface area (Å²) >= 11 is 1.35. The summed E-state index contributed by atoms with van der Waals surface area (Å²) in [6.07, 6.45) is 0. The molecule has 1 heterocycles. The molecule has 0 saturated heterocycles. The van der Waals surface area contributed by atoms with Crippen molar-refractivity contribution in [2.24, 2.45) is 0 Å². The second-order valence-electron chi connectivity index (χ2n) is 5.49.